The highest BCUT2D eigenvalue weighted by Gasteiger charge is 2.37. The van der Waals surface area contributed by atoms with Gasteiger partial charge in [-0.05, 0) is 35.7 Å². The van der Waals surface area contributed by atoms with Gasteiger partial charge in [-0.1, -0.05) is 30.3 Å². The fourth-order valence-electron chi connectivity index (χ4n) is 3.92. The van der Waals surface area contributed by atoms with E-state index in [-0.39, 0.29) is 37.0 Å². The molecule has 1 atom stereocenters. The molecule has 1 fully saturated rings. The summed E-state index contributed by atoms with van der Waals surface area (Å²) in [6, 6.07) is 9.34. The number of hydrogen-bond donors (Lipinski definition) is 0. The lowest BCUT2D eigenvalue weighted by molar-refractivity contribution is -0.144. The first kappa shape index (κ1) is 26.5. The Morgan fingerprint density at radius 2 is 1.54 bits per heavy atom. The van der Waals surface area contributed by atoms with Gasteiger partial charge < -0.3 is 9.80 Å². The Hall–Kier alpha value is -3.08. The lowest BCUT2D eigenvalue weighted by Gasteiger charge is -2.38. The van der Waals surface area contributed by atoms with Gasteiger partial charge in [0.1, 0.15) is 6.04 Å². The van der Waals surface area contributed by atoms with E-state index in [0.29, 0.717) is 30.8 Å². The van der Waals surface area contributed by atoms with Crippen LogP contribution >= 0.6 is 0 Å². The zero-order valence-corrected chi connectivity index (χ0v) is 19.2. The zero-order chi connectivity index (χ0) is 26.0. The summed E-state index contributed by atoms with van der Waals surface area (Å²) >= 11 is 0. The minimum atomic E-state index is -4.94. The molecule has 1 aliphatic heterocycles. The molecule has 0 aliphatic carbocycles. The smallest absolute Gasteiger partial charge is 0.344 e. The Morgan fingerprint density at radius 1 is 0.971 bits per heavy atom. The molecule has 0 spiro atoms. The van der Waals surface area contributed by atoms with Crippen molar-refractivity contribution in [3.63, 3.8) is 0 Å². The van der Waals surface area contributed by atoms with E-state index in [2.05, 4.69) is 0 Å². The van der Waals surface area contributed by atoms with Crippen LogP contribution in [0.1, 0.15) is 28.3 Å². The second-order valence-corrected chi connectivity index (χ2v) is 8.52. The molecule has 1 aliphatic rings. The van der Waals surface area contributed by atoms with Gasteiger partial charge in [0.05, 0.1) is 17.7 Å². The van der Waals surface area contributed by atoms with E-state index in [1.54, 1.807) is 47.2 Å². The number of carbonyl (C=O) groups excluding carboxylic acids is 2. The molecule has 3 rings (SSSR count). The molecule has 2 aromatic rings. The van der Waals surface area contributed by atoms with E-state index < -0.39 is 35.4 Å². The molecule has 0 saturated carbocycles. The molecule has 0 radical (unpaired) electrons. The number of amides is 2. The van der Waals surface area contributed by atoms with Gasteiger partial charge in [-0.3, -0.25) is 14.5 Å². The summed E-state index contributed by atoms with van der Waals surface area (Å²) in [4.78, 5) is 30.2. The maximum atomic E-state index is 13.4. The van der Waals surface area contributed by atoms with Gasteiger partial charge in [0.15, 0.2) is 0 Å². The van der Waals surface area contributed by atoms with Gasteiger partial charge in [0.2, 0.25) is 11.8 Å². The van der Waals surface area contributed by atoms with E-state index in [9.17, 15) is 35.9 Å². The molecule has 2 amide bonds. The number of benzene rings is 2. The maximum Gasteiger partial charge on any atom is 0.416 e. The molecule has 1 unspecified atom stereocenters. The normalized spacial score (nSPS) is 16.3. The molecule has 5 nitrogen and oxygen atoms in total. The van der Waals surface area contributed by atoms with Crippen molar-refractivity contribution >= 4 is 11.8 Å². The van der Waals surface area contributed by atoms with Gasteiger partial charge in [-0.2, -0.15) is 26.3 Å². The van der Waals surface area contributed by atoms with Crippen LogP contribution in [0.3, 0.4) is 0 Å². The predicted molar refractivity (Wildman–Crippen MR) is 116 cm³/mol. The lowest BCUT2D eigenvalue weighted by atomic mass is 10.0. The third-order valence-corrected chi connectivity index (χ3v) is 5.96. The van der Waals surface area contributed by atoms with E-state index >= 15 is 0 Å². The molecule has 1 heterocycles. The Bertz CT molecular complexity index is 1020. The van der Waals surface area contributed by atoms with Crippen LogP contribution in [0, 0.1) is 0 Å². The van der Waals surface area contributed by atoms with Gasteiger partial charge in [-0.15, -0.1) is 0 Å². The minimum absolute atomic E-state index is 0.0121. The number of hydrogen-bond acceptors (Lipinski definition) is 3. The lowest BCUT2D eigenvalue weighted by Crippen LogP contribution is -2.52. The predicted octanol–water partition coefficient (Wildman–Crippen LogP) is 4.24. The highest BCUT2D eigenvalue weighted by atomic mass is 19.4. The molecule has 11 heteroatoms. The molecule has 0 aromatic heterocycles. The van der Waals surface area contributed by atoms with Crippen molar-refractivity contribution in [2.75, 3.05) is 40.3 Å². The van der Waals surface area contributed by atoms with Gasteiger partial charge in [0.25, 0.3) is 0 Å². The summed E-state index contributed by atoms with van der Waals surface area (Å²) in [5.41, 5.74) is -2.33. The largest absolute Gasteiger partial charge is 0.416 e. The number of halogens is 6. The van der Waals surface area contributed by atoms with Crippen molar-refractivity contribution in [3.8, 4) is 0 Å². The quantitative estimate of drug-likeness (QED) is 0.557. The SMILES string of the molecule is CN1CCN(C(C(=O)N(C)CCc2cc(C(F)(F)F)cc(C(F)(F)F)c2)c2ccccc2)CC1=O. The van der Waals surface area contributed by atoms with Crippen LogP contribution in [-0.2, 0) is 28.4 Å². The van der Waals surface area contributed by atoms with Crippen molar-refractivity contribution in [3.05, 3.63) is 70.8 Å². The Labute approximate surface area is 198 Å². The summed E-state index contributed by atoms with van der Waals surface area (Å²) in [5.74, 6) is -0.562. The second-order valence-electron chi connectivity index (χ2n) is 8.52. The summed E-state index contributed by atoms with van der Waals surface area (Å²) in [6.07, 6.45) is -10.1. The van der Waals surface area contributed by atoms with E-state index in [0.717, 1.165) is 0 Å². The second kappa shape index (κ2) is 10.3. The zero-order valence-electron chi connectivity index (χ0n) is 19.2. The molecule has 35 heavy (non-hydrogen) atoms. The third-order valence-electron chi connectivity index (χ3n) is 5.96. The standard InChI is InChI=1S/C24H25F6N3O2/c1-31-10-11-33(15-20(31)34)21(17-6-4-3-5-7-17)22(35)32(2)9-8-16-12-18(23(25,26)27)14-19(13-16)24(28,29)30/h3-7,12-14,21H,8-11,15H2,1-2H3. The van der Waals surface area contributed by atoms with Crippen molar-refractivity contribution in [1.29, 1.82) is 0 Å². The van der Waals surface area contributed by atoms with Gasteiger partial charge in [-0.25, -0.2) is 0 Å². The summed E-state index contributed by atoms with van der Waals surface area (Å²) in [7, 11) is 3.10. The maximum absolute atomic E-state index is 13.4. The van der Waals surface area contributed by atoms with Crippen LogP contribution in [-0.4, -0.2) is 66.8 Å². The number of alkyl halides is 6. The molecule has 0 bridgehead atoms. The fraction of sp³-hybridized carbons (Fsp3) is 0.417. The summed E-state index contributed by atoms with van der Waals surface area (Å²) < 4.78 is 78.9. The number of piperazine rings is 1. The third kappa shape index (κ3) is 6.53. The van der Waals surface area contributed by atoms with E-state index in [1.807, 2.05) is 0 Å². The van der Waals surface area contributed by atoms with Gasteiger partial charge in [0, 0.05) is 33.7 Å². The first-order valence-electron chi connectivity index (χ1n) is 10.8. The topological polar surface area (TPSA) is 43.9 Å². The van der Waals surface area contributed by atoms with E-state index in [4.69, 9.17) is 0 Å². The monoisotopic (exact) mass is 501 g/mol. The highest BCUT2D eigenvalue weighted by molar-refractivity contribution is 5.85. The first-order valence-corrected chi connectivity index (χ1v) is 10.8. The molecular formula is C24H25F6N3O2. The highest BCUT2D eigenvalue weighted by Crippen LogP contribution is 2.36. The van der Waals surface area contributed by atoms with Crippen molar-refractivity contribution in [2.45, 2.75) is 24.8 Å². The number of rotatable bonds is 6. The minimum Gasteiger partial charge on any atom is -0.344 e. The average Bonchev–Trinajstić information content (AvgIpc) is 2.79. The van der Waals surface area contributed by atoms with Crippen molar-refractivity contribution < 1.29 is 35.9 Å². The van der Waals surface area contributed by atoms with Crippen molar-refractivity contribution in [1.82, 2.24) is 14.7 Å². The Balaban J connectivity index is 1.82. The van der Waals surface area contributed by atoms with Crippen LogP contribution in [0.4, 0.5) is 26.3 Å². The first-order chi connectivity index (χ1) is 16.3. The number of carbonyl (C=O) groups is 2. The molecular weight excluding hydrogens is 476 g/mol. The van der Waals surface area contributed by atoms with Crippen LogP contribution in [0.25, 0.3) is 0 Å². The molecule has 1 saturated heterocycles. The number of nitrogens with zero attached hydrogens (tertiary/aromatic N) is 3. The molecule has 0 N–H and O–H groups in total. The Morgan fingerprint density at radius 3 is 2.06 bits per heavy atom. The fourth-order valence-corrected chi connectivity index (χ4v) is 3.92. The van der Waals surface area contributed by atoms with Gasteiger partial charge >= 0.3 is 12.4 Å². The molecule has 190 valence electrons. The summed E-state index contributed by atoms with van der Waals surface area (Å²) in [6.45, 7) is 0.758. The number of likely N-dealkylation sites (N-methyl/N-ethyl adjacent to an activating group) is 2. The van der Waals surface area contributed by atoms with Crippen molar-refractivity contribution in [2.24, 2.45) is 0 Å². The van der Waals surface area contributed by atoms with E-state index in [1.165, 1.54) is 11.9 Å². The van der Waals surface area contributed by atoms with Crippen LogP contribution in [0.15, 0.2) is 48.5 Å². The van der Waals surface area contributed by atoms with Crippen LogP contribution in [0.5, 0.6) is 0 Å². The Kier molecular flexibility index (Phi) is 7.78. The van der Waals surface area contributed by atoms with Crippen LogP contribution < -0.4 is 0 Å². The summed E-state index contributed by atoms with van der Waals surface area (Å²) in [5, 5.41) is 0. The van der Waals surface area contributed by atoms with Crippen LogP contribution in [0.2, 0.25) is 0 Å². The average molecular weight is 501 g/mol. The molecule has 2 aromatic carbocycles.